The van der Waals surface area contributed by atoms with E-state index in [-0.39, 0.29) is 16.1 Å². The molecule has 7 heteroatoms. The lowest BCUT2D eigenvalue weighted by Gasteiger charge is -2.17. The molecule has 0 bridgehead atoms. The highest BCUT2D eigenvalue weighted by molar-refractivity contribution is 7.92. The van der Waals surface area contributed by atoms with Crippen LogP contribution < -0.4 is 9.62 Å². The standard InChI is InChI=1S/C17H20N2O4S/c1-11-5-8-16(12(2)9-11)24(22,23)18-13-6-7-15(19(3)4)14(10-13)17(20)21/h5-10,18H,1-4H3,(H,20,21). The van der Waals surface area contributed by atoms with Gasteiger partial charge in [-0.2, -0.15) is 0 Å². The van der Waals surface area contributed by atoms with Crippen LogP contribution in [0.5, 0.6) is 0 Å². The molecular formula is C17H20N2O4S. The number of rotatable bonds is 5. The molecule has 0 aliphatic heterocycles. The van der Waals surface area contributed by atoms with Crippen LogP contribution in [0.1, 0.15) is 21.5 Å². The van der Waals surface area contributed by atoms with Crippen LogP contribution in [0.25, 0.3) is 0 Å². The molecule has 0 saturated heterocycles. The van der Waals surface area contributed by atoms with E-state index >= 15 is 0 Å². The zero-order valence-corrected chi connectivity index (χ0v) is 14.8. The molecule has 2 N–H and O–H groups in total. The minimum atomic E-state index is -3.79. The van der Waals surface area contributed by atoms with E-state index in [9.17, 15) is 18.3 Å². The van der Waals surface area contributed by atoms with Crippen molar-refractivity contribution in [2.75, 3.05) is 23.7 Å². The summed E-state index contributed by atoms with van der Waals surface area (Å²) in [7, 11) is -0.346. The molecule has 0 aliphatic carbocycles. The largest absolute Gasteiger partial charge is 0.478 e. The van der Waals surface area contributed by atoms with Crippen molar-refractivity contribution in [1.29, 1.82) is 0 Å². The first-order valence-electron chi connectivity index (χ1n) is 7.26. The summed E-state index contributed by atoms with van der Waals surface area (Å²) < 4.78 is 27.6. The molecule has 24 heavy (non-hydrogen) atoms. The molecular weight excluding hydrogens is 328 g/mol. The van der Waals surface area contributed by atoms with Crippen LogP contribution in [0.4, 0.5) is 11.4 Å². The molecule has 0 radical (unpaired) electrons. The smallest absolute Gasteiger partial charge is 0.337 e. The summed E-state index contributed by atoms with van der Waals surface area (Å²) in [6.07, 6.45) is 0. The number of hydrogen-bond donors (Lipinski definition) is 2. The molecule has 6 nitrogen and oxygen atoms in total. The van der Waals surface area contributed by atoms with Crippen molar-refractivity contribution in [1.82, 2.24) is 0 Å². The van der Waals surface area contributed by atoms with Gasteiger partial charge in [-0.15, -0.1) is 0 Å². The minimum Gasteiger partial charge on any atom is -0.478 e. The van der Waals surface area contributed by atoms with Crippen molar-refractivity contribution >= 4 is 27.4 Å². The van der Waals surface area contributed by atoms with E-state index in [4.69, 9.17) is 0 Å². The van der Waals surface area contributed by atoms with E-state index in [1.807, 2.05) is 6.92 Å². The molecule has 2 aromatic rings. The van der Waals surface area contributed by atoms with Gasteiger partial charge in [0, 0.05) is 19.8 Å². The summed E-state index contributed by atoms with van der Waals surface area (Å²) >= 11 is 0. The average Bonchev–Trinajstić information content (AvgIpc) is 2.45. The molecule has 128 valence electrons. The van der Waals surface area contributed by atoms with Gasteiger partial charge in [0.2, 0.25) is 0 Å². The van der Waals surface area contributed by atoms with Crippen molar-refractivity contribution < 1.29 is 18.3 Å². The number of carboxylic acid groups (broad SMARTS) is 1. The van der Waals surface area contributed by atoms with Crippen LogP contribution in [-0.4, -0.2) is 33.6 Å². The molecule has 0 saturated carbocycles. The molecule has 2 rings (SSSR count). The second kappa shape index (κ2) is 6.52. The molecule has 0 unspecified atom stereocenters. The SMILES string of the molecule is Cc1ccc(S(=O)(=O)Nc2ccc(N(C)C)c(C(=O)O)c2)c(C)c1. The number of hydrogen-bond acceptors (Lipinski definition) is 4. The fourth-order valence-electron chi connectivity index (χ4n) is 2.47. The van der Waals surface area contributed by atoms with Crippen molar-refractivity contribution in [2.24, 2.45) is 0 Å². The highest BCUT2D eigenvalue weighted by Gasteiger charge is 2.19. The normalized spacial score (nSPS) is 11.2. The lowest BCUT2D eigenvalue weighted by molar-refractivity contribution is 0.0697. The van der Waals surface area contributed by atoms with Crippen molar-refractivity contribution in [3.8, 4) is 0 Å². The second-order valence-corrected chi connectivity index (χ2v) is 7.46. The molecule has 0 amide bonds. The number of aryl methyl sites for hydroxylation is 2. The van der Waals surface area contributed by atoms with Gasteiger partial charge >= 0.3 is 5.97 Å². The maximum Gasteiger partial charge on any atom is 0.337 e. The van der Waals surface area contributed by atoms with Crippen molar-refractivity contribution in [2.45, 2.75) is 18.7 Å². The average molecular weight is 348 g/mol. The van der Waals surface area contributed by atoms with Crippen LogP contribution >= 0.6 is 0 Å². The third-order valence-corrected chi connectivity index (χ3v) is 5.12. The monoisotopic (exact) mass is 348 g/mol. The predicted octanol–water partition coefficient (Wildman–Crippen LogP) is 2.87. The van der Waals surface area contributed by atoms with Crippen LogP contribution in [0.3, 0.4) is 0 Å². The van der Waals surface area contributed by atoms with E-state index in [1.165, 1.54) is 6.07 Å². The van der Waals surface area contributed by atoms with Gasteiger partial charge in [0.25, 0.3) is 10.0 Å². The Morgan fingerprint density at radius 1 is 1.08 bits per heavy atom. The Morgan fingerprint density at radius 3 is 2.29 bits per heavy atom. The minimum absolute atomic E-state index is 0.0285. The first-order chi connectivity index (χ1) is 11.1. The fourth-order valence-corrected chi connectivity index (χ4v) is 3.75. The lowest BCUT2D eigenvalue weighted by Crippen LogP contribution is -2.17. The van der Waals surface area contributed by atoms with E-state index in [0.29, 0.717) is 11.3 Å². The Balaban J connectivity index is 2.43. The van der Waals surface area contributed by atoms with Gasteiger partial charge in [-0.25, -0.2) is 13.2 Å². The Hall–Kier alpha value is -2.54. The second-order valence-electron chi connectivity index (χ2n) is 5.81. The Morgan fingerprint density at radius 2 is 1.75 bits per heavy atom. The summed E-state index contributed by atoms with van der Waals surface area (Å²) in [4.78, 5) is 13.2. The third kappa shape index (κ3) is 3.68. The number of sulfonamides is 1. The fraction of sp³-hybridized carbons (Fsp3) is 0.235. The van der Waals surface area contributed by atoms with Gasteiger partial charge in [-0.3, -0.25) is 4.72 Å². The van der Waals surface area contributed by atoms with Gasteiger partial charge in [-0.1, -0.05) is 17.7 Å². The molecule has 0 aromatic heterocycles. The van der Waals surface area contributed by atoms with Crippen molar-refractivity contribution in [3.63, 3.8) is 0 Å². The van der Waals surface area contributed by atoms with Crippen molar-refractivity contribution in [3.05, 3.63) is 53.1 Å². The lowest BCUT2D eigenvalue weighted by atomic mass is 10.1. The van der Waals surface area contributed by atoms with Crippen LogP contribution in [0.2, 0.25) is 0 Å². The summed E-state index contributed by atoms with van der Waals surface area (Å²) in [6, 6.07) is 9.48. The number of aromatic carboxylic acids is 1. The van der Waals surface area contributed by atoms with E-state index in [0.717, 1.165) is 5.56 Å². The zero-order valence-electron chi connectivity index (χ0n) is 14.0. The van der Waals surface area contributed by atoms with E-state index in [2.05, 4.69) is 4.72 Å². The van der Waals surface area contributed by atoms with Crippen LogP contribution in [-0.2, 0) is 10.0 Å². The Kier molecular flexibility index (Phi) is 4.84. The summed E-state index contributed by atoms with van der Waals surface area (Å²) in [5, 5.41) is 9.33. The van der Waals surface area contributed by atoms with Gasteiger partial charge in [0.15, 0.2) is 0 Å². The van der Waals surface area contributed by atoms with Crippen LogP contribution in [0, 0.1) is 13.8 Å². The molecule has 0 atom stereocenters. The first kappa shape index (κ1) is 17.8. The summed E-state index contributed by atoms with van der Waals surface area (Å²) in [5.74, 6) is -1.12. The van der Waals surface area contributed by atoms with Crippen LogP contribution in [0.15, 0.2) is 41.3 Å². The van der Waals surface area contributed by atoms with E-state index < -0.39 is 16.0 Å². The molecule has 0 spiro atoms. The third-order valence-electron chi connectivity index (χ3n) is 3.58. The maximum absolute atomic E-state index is 12.6. The highest BCUT2D eigenvalue weighted by atomic mass is 32.2. The number of benzene rings is 2. The molecule has 2 aromatic carbocycles. The highest BCUT2D eigenvalue weighted by Crippen LogP contribution is 2.25. The molecule has 0 aliphatic rings. The molecule has 0 heterocycles. The van der Waals surface area contributed by atoms with E-state index in [1.54, 1.807) is 56.3 Å². The number of nitrogens with one attached hydrogen (secondary N) is 1. The maximum atomic E-state index is 12.6. The number of anilines is 2. The van der Waals surface area contributed by atoms with Gasteiger partial charge in [-0.05, 0) is 43.7 Å². The molecule has 0 fully saturated rings. The predicted molar refractivity (Wildman–Crippen MR) is 94.5 cm³/mol. The summed E-state index contributed by atoms with van der Waals surface area (Å²) in [5.41, 5.74) is 2.33. The summed E-state index contributed by atoms with van der Waals surface area (Å²) in [6.45, 7) is 3.61. The van der Waals surface area contributed by atoms with Gasteiger partial charge in [0.1, 0.15) is 0 Å². The number of carbonyl (C=O) groups is 1. The topological polar surface area (TPSA) is 86.7 Å². The first-order valence-corrected chi connectivity index (χ1v) is 8.75. The quantitative estimate of drug-likeness (QED) is 0.868. The Labute approximate surface area is 141 Å². The number of nitrogens with zero attached hydrogens (tertiary/aromatic N) is 1. The van der Waals surface area contributed by atoms with Gasteiger partial charge in [0.05, 0.1) is 16.1 Å². The number of carboxylic acids is 1. The Bertz CT molecular complexity index is 889. The van der Waals surface area contributed by atoms with Gasteiger partial charge < -0.3 is 10.0 Å². The zero-order chi connectivity index (χ0) is 18.1.